The fourth-order valence-electron chi connectivity index (χ4n) is 6.47. The maximum atomic E-state index is 11.2. The topological polar surface area (TPSA) is 67.9 Å². The summed E-state index contributed by atoms with van der Waals surface area (Å²) < 4.78 is 10.9. The third-order valence-corrected chi connectivity index (χ3v) is 8.41. The highest BCUT2D eigenvalue weighted by molar-refractivity contribution is 5.74. The molecule has 0 spiro atoms. The molecule has 2 heterocycles. The standard InChI is InChI=1S/C17H21NO2.C16H19NO2/c1-12(19)20-17-9-10-18(2)16(17)11-14-8-7-13-5-3-4-6-15(13)14;1-11(18)19-16-8-9-17-15(16)10-13-7-6-12-4-2-3-5-14(12)13/h3-6,8,16-17H,7,9-11H2,1-2H3;2-5,7,15-17H,6,8-10H2,1H3/t16-,17-;15-,16-/m11/s1. The van der Waals surface area contributed by atoms with Gasteiger partial charge in [0.25, 0.3) is 0 Å². The minimum absolute atomic E-state index is 0.0196. The molecule has 2 aliphatic heterocycles. The van der Waals surface area contributed by atoms with Gasteiger partial charge in [0.15, 0.2) is 0 Å². The Kier molecular flexibility index (Phi) is 8.63. The van der Waals surface area contributed by atoms with Crippen molar-refractivity contribution in [3.05, 3.63) is 82.9 Å². The second-order valence-corrected chi connectivity index (χ2v) is 11.1. The average molecular weight is 529 g/mol. The van der Waals surface area contributed by atoms with E-state index in [1.807, 2.05) is 0 Å². The zero-order valence-electron chi connectivity index (χ0n) is 23.3. The summed E-state index contributed by atoms with van der Waals surface area (Å²) in [7, 11) is 2.12. The normalized spacial score (nSPS) is 25.2. The van der Waals surface area contributed by atoms with Crippen LogP contribution in [0.25, 0.3) is 11.1 Å². The summed E-state index contributed by atoms with van der Waals surface area (Å²) in [6.45, 7) is 4.91. The van der Waals surface area contributed by atoms with Crippen LogP contribution in [0.5, 0.6) is 0 Å². The number of carbonyl (C=O) groups is 2. The Balaban J connectivity index is 0.000000158. The molecule has 2 aromatic carbocycles. The molecule has 1 N–H and O–H groups in total. The third-order valence-electron chi connectivity index (χ3n) is 8.41. The van der Waals surface area contributed by atoms with E-state index in [2.05, 4.69) is 77.9 Å². The number of nitrogens with zero attached hydrogens (tertiary/aromatic N) is 1. The van der Waals surface area contributed by atoms with Crippen molar-refractivity contribution in [1.82, 2.24) is 10.2 Å². The van der Waals surface area contributed by atoms with Crippen molar-refractivity contribution < 1.29 is 19.1 Å². The molecule has 2 aromatic rings. The maximum absolute atomic E-state index is 11.2. The number of esters is 2. The number of likely N-dealkylation sites (N-methyl/N-ethyl adjacent to an activating group) is 1. The van der Waals surface area contributed by atoms with E-state index < -0.39 is 0 Å². The zero-order chi connectivity index (χ0) is 27.4. The van der Waals surface area contributed by atoms with Gasteiger partial charge in [-0.1, -0.05) is 60.7 Å². The molecular weight excluding hydrogens is 488 g/mol. The molecule has 2 aliphatic carbocycles. The number of hydrogen-bond acceptors (Lipinski definition) is 6. The Morgan fingerprint density at radius 1 is 0.821 bits per heavy atom. The van der Waals surface area contributed by atoms with Gasteiger partial charge in [0.1, 0.15) is 12.2 Å². The molecule has 2 fully saturated rings. The summed E-state index contributed by atoms with van der Waals surface area (Å²) >= 11 is 0. The summed E-state index contributed by atoms with van der Waals surface area (Å²) in [6.07, 6.45) is 10.5. The Hall–Kier alpha value is -3.22. The Morgan fingerprint density at radius 3 is 2.00 bits per heavy atom. The molecule has 0 radical (unpaired) electrons. The first-order valence-corrected chi connectivity index (χ1v) is 14.2. The van der Waals surface area contributed by atoms with Gasteiger partial charge in [-0.25, -0.2) is 0 Å². The van der Waals surface area contributed by atoms with Crippen molar-refractivity contribution >= 4 is 23.1 Å². The molecule has 206 valence electrons. The molecule has 0 saturated carbocycles. The van der Waals surface area contributed by atoms with Crippen molar-refractivity contribution in [3.63, 3.8) is 0 Å². The highest BCUT2D eigenvalue weighted by Crippen LogP contribution is 2.35. The summed E-state index contributed by atoms with van der Waals surface area (Å²) in [5, 5.41) is 3.45. The van der Waals surface area contributed by atoms with Crippen LogP contribution >= 0.6 is 0 Å². The van der Waals surface area contributed by atoms with Gasteiger partial charge in [0.2, 0.25) is 0 Å². The first kappa shape index (κ1) is 27.4. The van der Waals surface area contributed by atoms with Crippen LogP contribution < -0.4 is 5.32 Å². The molecule has 39 heavy (non-hydrogen) atoms. The first-order chi connectivity index (χ1) is 18.9. The molecule has 0 amide bonds. The van der Waals surface area contributed by atoms with Gasteiger partial charge in [-0.15, -0.1) is 0 Å². The number of nitrogens with one attached hydrogen (secondary N) is 1. The predicted molar refractivity (Wildman–Crippen MR) is 154 cm³/mol. The van der Waals surface area contributed by atoms with Crippen LogP contribution in [0.2, 0.25) is 0 Å². The van der Waals surface area contributed by atoms with Crippen LogP contribution in [0.3, 0.4) is 0 Å². The number of ether oxygens (including phenoxy) is 2. The van der Waals surface area contributed by atoms with Crippen molar-refractivity contribution in [2.45, 2.75) is 76.7 Å². The van der Waals surface area contributed by atoms with E-state index in [1.165, 1.54) is 47.2 Å². The zero-order valence-corrected chi connectivity index (χ0v) is 23.3. The van der Waals surface area contributed by atoms with Gasteiger partial charge in [0.05, 0.1) is 6.04 Å². The maximum Gasteiger partial charge on any atom is 0.302 e. The molecule has 4 atom stereocenters. The van der Waals surface area contributed by atoms with Crippen LogP contribution in [-0.4, -0.2) is 61.3 Å². The summed E-state index contributed by atoms with van der Waals surface area (Å²) in [4.78, 5) is 24.7. The van der Waals surface area contributed by atoms with Crippen molar-refractivity contribution in [1.29, 1.82) is 0 Å². The molecule has 0 bridgehead atoms. The lowest BCUT2D eigenvalue weighted by atomic mass is 9.97. The monoisotopic (exact) mass is 528 g/mol. The van der Waals surface area contributed by atoms with Gasteiger partial charge < -0.3 is 14.8 Å². The van der Waals surface area contributed by atoms with Gasteiger partial charge >= 0.3 is 11.9 Å². The van der Waals surface area contributed by atoms with Crippen molar-refractivity contribution in [3.8, 4) is 0 Å². The van der Waals surface area contributed by atoms with Crippen molar-refractivity contribution in [2.75, 3.05) is 20.1 Å². The van der Waals surface area contributed by atoms with Crippen LogP contribution in [-0.2, 0) is 31.9 Å². The van der Waals surface area contributed by atoms with Crippen LogP contribution in [0, 0.1) is 0 Å². The fourth-order valence-corrected chi connectivity index (χ4v) is 6.47. The van der Waals surface area contributed by atoms with Gasteiger partial charge in [-0.2, -0.15) is 0 Å². The Bertz CT molecular complexity index is 1270. The highest BCUT2D eigenvalue weighted by atomic mass is 16.5. The summed E-state index contributed by atoms with van der Waals surface area (Å²) in [6, 6.07) is 17.7. The fraction of sp³-hybridized carbons (Fsp3) is 0.455. The molecule has 2 saturated heterocycles. The molecule has 6 rings (SSSR count). The number of hydrogen-bond donors (Lipinski definition) is 1. The van der Waals surface area contributed by atoms with E-state index in [4.69, 9.17) is 9.47 Å². The van der Waals surface area contributed by atoms with E-state index in [1.54, 1.807) is 0 Å². The number of carbonyl (C=O) groups excluding carboxylic acids is 2. The van der Waals surface area contributed by atoms with Crippen LogP contribution in [0.15, 0.2) is 60.7 Å². The lowest BCUT2D eigenvalue weighted by Crippen LogP contribution is -2.34. The smallest absolute Gasteiger partial charge is 0.302 e. The SMILES string of the molecule is CC(=O)O[C@@H]1CCN(C)[C@@H]1CC1=CCc2ccccc21.CC(=O)O[C@@H]1CCN[C@@H]1CC1=CCc2ccccc21. The minimum atomic E-state index is -0.181. The highest BCUT2D eigenvalue weighted by Gasteiger charge is 2.35. The molecular formula is C33H40N2O4. The number of likely N-dealkylation sites (tertiary alicyclic amines) is 1. The second kappa shape index (κ2) is 12.3. The van der Waals surface area contributed by atoms with Gasteiger partial charge in [0, 0.05) is 26.4 Å². The van der Waals surface area contributed by atoms with E-state index in [0.717, 1.165) is 51.6 Å². The molecule has 0 aromatic heterocycles. The summed E-state index contributed by atoms with van der Waals surface area (Å²) in [5.41, 5.74) is 8.32. The quantitative estimate of drug-likeness (QED) is 0.535. The van der Waals surface area contributed by atoms with E-state index in [0.29, 0.717) is 6.04 Å². The number of allylic oxidation sites excluding steroid dienone is 2. The predicted octanol–water partition coefficient (Wildman–Crippen LogP) is 4.96. The van der Waals surface area contributed by atoms with Gasteiger partial charge in [-0.05, 0) is 85.5 Å². The Labute approximate surface area is 232 Å². The van der Waals surface area contributed by atoms with E-state index >= 15 is 0 Å². The molecule has 4 aliphatic rings. The molecule has 0 unspecified atom stereocenters. The average Bonchev–Trinajstić information content (AvgIpc) is 3.70. The van der Waals surface area contributed by atoms with Crippen molar-refractivity contribution in [2.24, 2.45) is 0 Å². The van der Waals surface area contributed by atoms with E-state index in [9.17, 15) is 9.59 Å². The number of fused-ring (bicyclic) bond motifs is 2. The largest absolute Gasteiger partial charge is 0.461 e. The third kappa shape index (κ3) is 6.51. The lowest BCUT2D eigenvalue weighted by Gasteiger charge is -2.25. The molecule has 6 heteroatoms. The van der Waals surface area contributed by atoms with Crippen LogP contribution in [0.1, 0.15) is 61.8 Å². The molecule has 6 nitrogen and oxygen atoms in total. The van der Waals surface area contributed by atoms with Crippen LogP contribution in [0.4, 0.5) is 0 Å². The minimum Gasteiger partial charge on any atom is -0.461 e. The number of rotatable bonds is 6. The Morgan fingerprint density at radius 2 is 1.38 bits per heavy atom. The van der Waals surface area contributed by atoms with Gasteiger partial charge in [-0.3, -0.25) is 14.5 Å². The summed E-state index contributed by atoms with van der Waals surface area (Å²) in [5.74, 6) is -0.351. The second-order valence-electron chi connectivity index (χ2n) is 11.1. The lowest BCUT2D eigenvalue weighted by molar-refractivity contribution is -0.148. The first-order valence-electron chi connectivity index (χ1n) is 14.2. The number of benzene rings is 2. The van der Waals surface area contributed by atoms with E-state index in [-0.39, 0.29) is 30.2 Å².